The number of carbonyl (C=O) groups is 1. The predicted octanol–water partition coefficient (Wildman–Crippen LogP) is 2.68. The average Bonchev–Trinajstić information content (AvgIpc) is 3.15. The number of benzene rings is 1. The summed E-state index contributed by atoms with van der Waals surface area (Å²) in [4.78, 5) is 16.3. The Hall–Kier alpha value is -1.92. The first-order chi connectivity index (χ1) is 10.8. The number of thiazole rings is 1. The van der Waals surface area contributed by atoms with Gasteiger partial charge in [0.15, 0.2) is 5.13 Å². The van der Waals surface area contributed by atoms with E-state index < -0.39 is 0 Å². The highest BCUT2D eigenvalue weighted by Crippen LogP contribution is 2.31. The number of fused-ring (bicyclic) bond motifs is 1. The van der Waals surface area contributed by atoms with Crippen molar-refractivity contribution in [2.24, 2.45) is 0 Å². The third-order valence-electron chi connectivity index (χ3n) is 3.57. The molecule has 0 saturated heterocycles. The fraction of sp³-hybridized carbons (Fsp3) is 0.375. The van der Waals surface area contributed by atoms with E-state index in [4.69, 9.17) is 4.74 Å². The maximum atomic E-state index is 11.8. The van der Waals surface area contributed by atoms with E-state index in [9.17, 15) is 4.79 Å². The lowest BCUT2D eigenvalue weighted by molar-refractivity contribution is -0.116. The van der Waals surface area contributed by atoms with Gasteiger partial charge in [0.25, 0.3) is 0 Å². The molecule has 0 spiro atoms. The van der Waals surface area contributed by atoms with Crippen molar-refractivity contribution in [3.8, 4) is 17.0 Å². The number of rotatable bonds is 6. The van der Waals surface area contributed by atoms with E-state index in [0.717, 1.165) is 43.0 Å². The van der Waals surface area contributed by atoms with Crippen LogP contribution in [0.3, 0.4) is 0 Å². The number of nitrogens with zero attached hydrogens (tertiary/aromatic N) is 1. The second kappa shape index (κ2) is 6.89. The average molecular weight is 317 g/mol. The van der Waals surface area contributed by atoms with Gasteiger partial charge in [0.1, 0.15) is 5.75 Å². The number of hydrogen-bond acceptors (Lipinski definition) is 5. The largest absolute Gasteiger partial charge is 0.493 e. The minimum absolute atomic E-state index is 0.0125. The minimum Gasteiger partial charge on any atom is -0.493 e. The molecular formula is C16H19N3O2S. The second-order valence-electron chi connectivity index (χ2n) is 5.21. The molecule has 1 aliphatic heterocycles. The minimum atomic E-state index is 0.0125. The summed E-state index contributed by atoms with van der Waals surface area (Å²) in [6.45, 7) is 1.59. The summed E-state index contributed by atoms with van der Waals surface area (Å²) in [5.74, 6) is 0.982. The van der Waals surface area contributed by atoms with Crippen LogP contribution in [0.15, 0.2) is 23.6 Å². The third kappa shape index (κ3) is 3.45. The molecule has 0 radical (unpaired) electrons. The smallest absolute Gasteiger partial charge is 0.226 e. The number of aromatic nitrogens is 1. The lowest BCUT2D eigenvalue weighted by Gasteiger charge is -2.02. The van der Waals surface area contributed by atoms with Gasteiger partial charge in [-0.15, -0.1) is 11.3 Å². The molecule has 1 amide bonds. The van der Waals surface area contributed by atoms with Gasteiger partial charge in [0, 0.05) is 23.8 Å². The Morgan fingerprint density at radius 3 is 3.23 bits per heavy atom. The first kappa shape index (κ1) is 15.0. The standard InChI is InChI=1S/C16H19N3O2S/c1-17-7-2-3-15(20)19-16-18-13(10-22-16)11-4-5-14-12(9-11)6-8-21-14/h4-5,9-10,17H,2-3,6-8H2,1H3,(H,18,19,20). The van der Waals surface area contributed by atoms with Gasteiger partial charge in [-0.3, -0.25) is 4.79 Å². The van der Waals surface area contributed by atoms with E-state index in [1.54, 1.807) is 0 Å². The molecule has 5 nitrogen and oxygen atoms in total. The molecule has 2 N–H and O–H groups in total. The van der Waals surface area contributed by atoms with Crippen molar-refractivity contribution in [1.29, 1.82) is 0 Å². The zero-order valence-electron chi connectivity index (χ0n) is 12.5. The maximum absolute atomic E-state index is 11.8. The van der Waals surface area contributed by atoms with Gasteiger partial charge in [0.05, 0.1) is 12.3 Å². The Bertz CT molecular complexity index is 669. The molecule has 0 aliphatic carbocycles. The Morgan fingerprint density at radius 2 is 2.36 bits per heavy atom. The van der Waals surface area contributed by atoms with Crippen molar-refractivity contribution in [2.45, 2.75) is 19.3 Å². The van der Waals surface area contributed by atoms with Crippen LogP contribution in [0.25, 0.3) is 11.3 Å². The van der Waals surface area contributed by atoms with Crippen molar-refractivity contribution in [3.63, 3.8) is 0 Å². The molecule has 1 aliphatic rings. The Morgan fingerprint density at radius 1 is 1.45 bits per heavy atom. The van der Waals surface area contributed by atoms with Crippen molar-refractivity contribution < 1.29 is 9.53 Å². The van der Waals surface area contributed by atoms with Crippen LogP contribution in [0.2, 0.25) is 0 Å². The van der Waals surface area contributed by atoms with Gasteiger partial charge in [-0.25, -0.2) is 4.98 Å². The molecule has 0 unspecified atom stereocenters. The zero-order chi connectivity index (χ0) is 15.4. The van der Waals surface area contributed by atoms with Crippen LogP contribution < -0.4 is 15.4 Å². The lowest BCUT2D eigenvalue weighted by Crippen LogP contribution is -2.15. The SMILES string of the molecule is CNCCCC(=O)Nc1nc(-c2ccc3c(c2)CCO3)cs1. The van der Waals surface area contributed by atoms with Gasteiger partial charge in [0.2, 0.25) is 5.91 Å². The van der Waals surface area contributed by atoms with E-state index in [2.05, 4.69) is 21.7 Å². The predicted molar refractivity (Wildman–Crippen MR) is 88.5 cm³/mol. The van der Waals surface area contributed by atoms with Gasteiger partial charge in [-0.05, 0) is 43.8 Å². The van der Waals surface area contributed by atoms with Crippen molar-refractivity contribution in [3.05, 3.63) is 29.1 Å². The molecular weight excluding hydrogens is 298 g/mol. The van der Waals surface area contributed by atoms with E-state index in [1.165, 1.54) is 16.9 Å². The van der Waals surface area contributed by atoms with E-state index in [0.29, 0.717) is 11.6 Å². The molecule has 22 heavy (non-hydrogen) atoms. The van der Waals surface area contributed by atoms with Crippen molar-refractivity contribution in [1.82, 2.24) is 10.3 Å². The summed E-state index contributed by atoms with van der Waals surface area (Å²) in [7, 11) is 1.88. The van der Waals surface area contributed by atoms with Gasteiger partial charge >= 0.3 is 0 Å². The summed E-state index contributed by atoms with van der Waals surface area (Å²) in [6.07, 6.45) is 2.28. The van der Waals surface area contributed by atoms with Crippen LogP contribution in [-0.4, -0.2) is 31.1 Å². The molecule has 3 rings (SSSR count). The summed E-state index contributed by atoms with van der Waals surface area (Å²) >= 11 is 1.46. The Kier molecular flexibility index (Phi) is 4.70. The van der Waals surface area contributed by atoms with Crippen LogP contribution in [-0.2, 0) is 11.2 Å². The van der Waals surface area contributed by atoms with Gasteiger partial charge in [-0.1, -0.05) is 0 Å². The number of ether oxygens (including phenoxy) is 1. The molecule has 0 bridgehead atoms. The van der Waals surface area contributed by atoms with Crippen LogP contribution in [0.5, 0.6) is 5.75 Å². The summed E-state index contributed by atoms with van der Waals surface area (Å²) in [5.41, 5.74) is 3.18. The summed E-state index contributed by atoms with van der Waals surface area (Å²) in [5, 5.41) is 8.52. The molecule has 0 atom stereocenters. The topological polar surface area (TPSA) is 63.2 Å². The number of nitrogens with one attached hydrogen (secondary N) is 2. The Labute approximate surface area is 133 Å². The summed E-state index contributed by atoms with van der Waals surface area (Å²) in [6, 6.07) is 6.13. The number of hydrogen-bond donors (Lipinski definition) is 2. The van der Waals surface area contributed by atoms with Crippen LogP contribution in [0, 0.1) is 0 Å². The first-order valence-corrected chi connectivity index (χ1v) is 8.30. The van der Waals surface area contributed by atoms with Gasteiger partial charge in [-0.2, -0.15) is 0 Å². The number of amides is 1. The van der Waals surface area contributed by atoms with Crippen LogP contribution >= 0.6 is 11.3 Å². The Balaban J connectivity index is 1.65. The van der Waals surface area contributed by atoms with Gasteiger partial charge < -0.3 is 15.4 Å². The van der Waals surface area contributed by atoms with Crippen molar-refractivity contribution in [2.75, 3.05) is 25.5 Å². The molecule has 116 valence electrons. The normalized spacial score (nSPS) is 12.8. The molecule has 2 heterocycles. The van der Waals surface area contributed by atoms with Crippen molar-refractivity contribution >= 4 is 22.4 Å². The third-order valence-corrected chi connectivity index (χ3v) is 4.32. The monoisotopic (exact) mass is 317 g/mol. The highest BCUT2D eigenvalue weighted by molar-refractivity contribution is 7.14. The fourth-order valence-electron chi connectivity index (χ4n) is 2.42. The molecule has 2 aromatic rings. The number of anilines is 1. The van der Waals surface area contributed by atoms with E-state index >= 15 is 0 Å². The maximum Gasteiger partial charge on any atom is 0.226 e. The van der Waals surface area contributed by atoms with E-state index in [-0.39, 0.29) is 5.91 Å². The zero-order valence-corrected chi connectivity index (χ0v) is 13.3. The van der Waals surface area contributed by atoms with Crippen LogP contribution in [0.1, 0.15) is 18.4 Å². The quantitative estimate of drug-likeness (QED) is 0.804. The highest BCUT2D eigenvalue weighted by Gasteiger charge is 2.14. The first-order valence-electron chi connectivity index (χ1n) is 7.42. The number of carbonyl (C=O) groups excluding carboxylic acids is 1. The molecule has 1 aromatic carbocycles. The lowest BCUT2D eigenvalue weighted by atomic mass is 10.1. The summed E-state index contributed by atoms with van der Waals surface area (Å²) < 4.78 is 5.51. The molecule has 0 saturated carbocycles. The highest BCUT2D eigenvalue weighted by atomic mass is 32.1. The van der Waals surface area contributed by atoms with E-state index in [1.807, 2.05) is 24.6 Å². The second-order valence-corrected chi connectivity index (χ2v) is 6.07. The van der Waals surface area contributed by atoms with Crippen LogP contribution in [0.4, 0.5) is 5.13 Å². The molecule has 1 aromatic heterocycles. The molecule has 0 fully saturated rings. The molecule has 6 heteroatoms. The fourth-order valence-corrected chi connectivity index (χ4v) is 3.15.